The molecule has 1 aromatic carbocycles. The molecule has 0 saturated heterocycles. The maximum atomic E-state index is 4.86. The smallest absolute Gasteiger partial charge is 0.133 e. The minimum Gasteiger partial charge on any atom is -0.370 e. The van der Waals surface area contributed by atoms with Crippen molar-refractivity contribution in [2.75, 3.05) is 11.9 Å². The minimum absolute atomic E-state index is 0.832. The van der Waals surface area contributed by atoms with Gasteiger partial charge in [-0.3, -0.25) is 9.97 Å². The van der Waals surface area contributed by atoms with Crippen LogP contribution in [0.3, 0.4) is 0 Å². The molecule has 1 aliphatic rings. The molecular formula is C18H19N5. The monoisotopic (exact) mass is 305 g/mol. The fourth-order valence-electron chi connectivity index (χ4n) is 3.00. The highest BCUT2D eigenvalue weighted by atomic mass is 15.3. The number of fused-ring (bicyclic) bond motifs is 1. The van der Waals surface area contributed by atoms with E-state index < -0.39 is 0 Å². The highest BCUT2D eigenvalue weighted by Gasteiger charge is 2.22. The zero-order chi connectivity index (χ0) is 15.6. The van der Waals surface area contributed by atoms with Crippen LogP contribution in [0.1, 0.15) is 24.0 Å². The molecule has 0 fully saturated rings. The summed E-state index contributed by atoms with van der Waals surface area (Å²) in [6, 6.07) is 8.44. The molecule has 3 heterocycles. The third-order valence-electron chi connectivity index (χ3n) is 4.21. The molecule has 0 radical (unpaired) electrons. The SMILES string of the molecule is Cc1ccc(-n2nc(-c3cnccn3)c3c2NCCCC3)cc1. The van der Waals surface area contributed by atoms with Gasteiger partial charge >= 0.3 is 0 Å². The van der Waals surface area contributed by atoms with E-state index in [0.29, 0.717) is 0 Å². The molecule has 0 bridgehead atoms. The average Bonchev–Trinajstić information content (AvgIpc) is 2.78. The number of anilines is 1. The lowest BCUT2D eigenvalue weighted by Gasteiger charge is -2.09. The van der Waals surface area contributed by atoms with Crippen molar-refractivity contribution in [1.82, 2.24) is 19.7 Å². The molecule has 5 heteroatoms. The number of rotatable bonds is 2. The standard InChI is InChI=1S/C18H19N5/c1-13-5-7-14(8-6-13)23-18-15(4-2-3-9-21-18)17(22-23)16-12-19-10-11-20-16/h5-8,10-12,21H,2-4,9H2,1H3. The Bertz CT molecular complexity index is 805. The number of nitrogens with one attached hydrogen (secondary N) is 1. The molecule has 0 atom stereocenters. The van der Waals surface area contributed by atoms with Crippen molar-refractivity contribution >= 4 is 5.82 Å². The maximum absolute atomic E-state index is 4.86. The van der Waals surface area contributed by atoms with Crippen molar-refractivity contribution < 1.29 is 0 Å². The molecule has 23 heavy (non-hydrogen) atoms. The van der Waals surface area contributed by atoms with Crippen LogP contribution in [0.15, 0.2) is 42.9 Å². The summed E-state index contributed by atoms with van der Waals surface area (Å²) < 4.78 is 2.00. The second kappa shape index (κ2) is 5.83. The van der Waals surface area contributed by atoms with E-state index in [0.717, 1.165) is 42.3 Å². The van der Waals surface area contributed by atoms with Crippen molar-refractivity contribution in [2.45, 2.75) is 26.2 Å². The van der Waals surface area contributed by atoms with Crippen LogP contribution in [0.25, 0.3) is 17.1 Å². The first-order valence-corrected chi connectivity index (χ1v) is 8.02. The Kier molecular flexibility index (Phi) is 3.54. The lowest BCUT2D eigenvalue weighted by atomic mass is 10.1. The van der Waals surface area contributed by atoms with Crippen LogP contribution in [0, 0.1) is 6.92 Å². The van der Waals surface area contributed by atoms with Crippen molar-refractivity contribution in [3.05, 3.63) is 54.0 Å². The van der Waals surface area contributed by atoms with E-state index in [-0.39, 0.29) is 0 Å². The Labute approximate surface area is 135 Å². The van der Waals surface area contributed by atoms with Crippen LogP contribution in [0.5, 0.6) is 0 Å². The van der Waals surface area contributed by atoms with Gasteiger partial charge in [0.1, 0.15) is 17.2 Å². The number of hydrogen-bond acceptors (Lipinski definition) is 4. The van der Waals surface area contributed by atoms with E-state index in [4.69, 9.17) is 5.10 Å². The third kappa shape index (κ3) is 2.59. The van der Waals surface area contributed by atoms with Crippen LogP contribution >= 0.6 is 0 Å². The first-order valence-electron chi connectivity index (χ1n) is 8.02. The normalized spacial score (nSPS) is 14.0. The summed E-state index contributed by atoms with van der Waals surface area (Å²) in [4.78, 5) is 8.64. The fourth-order valence-corrected chi connectivity index (χ4v) is 3.00. The molecule has 0 spiro atoms. The second-order valence-corrected chi connectivity index (χ2v) is 5.90. The van der Waals surface area contributed by atoms with Crippen LogP contribution in [0.4, 0.5) is 5.82 Å². The van der Waals surface area contributed by atoms with Crippen molar-refractivity contribution in [3.8, 4) is 17.1 Å². The highest BCUT2D eigenvalue weighted by Crippen LogP contribution is 2.32. The van der Waals surface area contributed by atoms with Gasteiger partial charge in [-0.2, -0.15) is 5.10 Å². The average molecular weight is 305 g/mol. The Morgan fingerprint density at radius 2 is 1.96 bits per heavy atom. The molecule has 5 nitrogen and oxygen atoms in total. The predicted octanol–water partition coefficient (Wildman–Crippen LogP) is 3.39. The topological polar surface area (TPSA) is 55.6 Å². The van der Waals surface area contributed by atoms with Crippen molar-refractivity contribution in [2.24, 2.45) is 0 Å². The lowest BCUT2D eigenvalue weighted by molar-refractivity contribution is 0.779. The predicted molar refractivity (Wildman–Crippen MR) is 90.8 cm³/mol. The summed E-state index contributed by atoms with van der Waals surface area (Å²) in [6.07, 6.45) is 8.54. The molecular weight excluding hydrogens is 286 g/mol. The first kappa shape index (κ1) is 13.9. The van der Waals surface area contributed by atoms with E-state index in [1.807, 2.05) is 4.68 Å². The van der Waals surface area contributed by atoms with E-state index in [9.17, 15) is 0 Å². The summed E-state index contributed by atoms with van der Waals surface area (Å²) >= 11 is 0. The summed E-state index contributed by atoms with van der Waals surface area (Å²) in [5, 5.41) is 8.40. The largest absolute Gasteiger partial charge is 0.370 e. The maximum Gasteiger partial charge on any atom is 0.133 e. The van der Waals surface area contributed by atoms with Gasteiger partial charge in [-0.1, -0.05) is 17.7 Å². The Hall–Kier alpha value is -2.69. The van der Waals surface area contributed by atoms with Gasteiger partial charge in [-0.15, -0.1) is 0 Å². The number of nitrogens with zero attached hydrogens (tertiary/aromatic N) is 4. The van der Waals surface area contributed by atoms with Crippen molar-refractivity contribution in [1.29, 1.82) is 0 Å². The zero-order valence-corrected chi connectivity index (χ0v) is 13.2. The number of aryl methyl sites for hydroxylation is 1. The summed E-state index contributed by atoms with van der Waals surface area (Å²) in [7, 11) is 0. The van der Waals surface area contributed by atoms with Crippen molar-refractivity contribution in [3.63, 3.8) is 0 Å². The third-order valence-corrected chi connectivity index (χ3v) is 4.21. The molecule has 1 N–H and O–H groups in total. The molecule has 2 aromatic heterocycles. The second-order valence-electron chi connectivity index (χ2n) is 5.90. The molecule has 0 unspecified atom stereocenters. The molecule has 1 aliphatic heterocycles. The number of aromatic nitrogens is 4. The van der Waals surface area contributed by atoms with Crippen LogP contribution in [-0.2, 0) is 6.42 Å². The van der Waals surface area contributed by atoms with Gasteiger partial charge in [0.2, 0.25) is 0 Å². The molecule has 3 aromatic rings. The van der Waals surface area contributed by atoms with E-state index in [1.54, 1.807) is 18.6 Å². The summed E-state index contributed by atoms with van der Waals surface area (Å²) in [5.41, 5.74) is 5.32. The molecule has 0 saturated carbocycles. The number of benzene rings is 1. The van der Waals surface area contributed by atoms with Gasteiger partial charge in [0, 0.05) is 24.5 Å². The first-order chi connectivity index (χ1) is 11.3. The Morgan fingerprint density at radius 3 is 2.74 bits per heavy atom. The van der Waals surface area contributed by atoms with Gasteiger partial charge in [0.05, 0.1) is 11.9 Å². The highest BCUT2D eigenvalue weighted by molar-refractivity contribution is 5.68. The van der Waals surface area contributed by atoms with Gasteiger partial charge in [-0.25, -0.2) is 4.68 Å². The van der Waals surface area contributed by atoms with Gasteiger partial charge in [-0.05, 0) is 38.3 Å². The van der Waals surface area contributed by atoms with E-state index >= 15 is 0 Å². The summed E-state index contributed by atoms with van der Waals surface area (Å²) in [5.74, 6) is 1.09. The Balaban J connectivity index is 1.89. The van der Waals surface area contributed by atoms with Crippen LogP contribution < -0.4 is 5.32 Å². The molecule has 116 valence electrons. The quantitative estimate of drug-likeness (QED) is 0.788. The Morgan fingerprint density at radius 1 is 1.09 bits per heavy atom. The molecule has 4 rings (SSSR count). The fraction of sp³-hybridized carbons (Fsp3) is 0.278. The lowest BCUT2D eigenvalue weighted by Crippen LogP contribution is -2.07. The van der Waals surface area contributed by atoms with Gasteiger partial charge < -0.3 is 5.32 Å². The van der Waals surface area contributed by atoms with Crippen LogP contribution in [-0.4, -0.2) is 26.3 Å². The van der Waals surface area contributed by atoms with E-state index in [1.165, 1.54) is 17.5 Å². The molecule has 0 amide bonds. The van der Waals surface area contributed by atoms with Gasteiger partial charge in [0.15, 0.2) is 0 Å². The minimum atomic E-state index is 0.832. The molecule has 0 aliphatic carbocycles. The van der Waals surface area contributed by atoms with Crippen LogP contribution in [0.2, 0.25) is 0 Å². The van der Waals surface area contributed by atoms with Gasteiger partial charge in [0.25, 0.3) is 0 Å². The zero-order valence-electron chi connectivity index (χ0n) is 13.2. The van der Waals surface area contributed by atoms with E-state index in [2.05, 4.69) is 46.5 Å². The summed E-state index contributed by atoms with van der Waals surface area (Å²) in [6.45, 7) is 3.07. The number of hydrogen-bond donors (Lipinski definition) is 1.